The van der Waals surface area contributed by atoms with Crippen molar-refractivity contribution in [1.29, 1.82) is 0 Å². The molecule has 0 aliphatic rings. The van der Waals surface area contributed by atoms with E-state index < -0.39 is 5.60 Å². The van der Waals surface area contributed by atoms with E-state index in [0.717, 1.165) is 12.8 Å². The molecule has 0 unspecified atom stereocenters. The average Bonchev–Trinajstić information content (AvgIpc) is 2.01. The van der Waals surface area contributed by atoms with Crippen molar-refractivity contribution in [2.45, 2.75) is 53.1 Å². The van der Waals surface area contributed by atoms with Crippen LogP contribution in [0, 0.1) is 0 Å². The van der Waals surface area contributed by atoms with E-state index in [0.29, 0.717) is 0 Å². The van der Waals surface area contributed by atoms with Gasteiger partial charge in [-0.3, -0.25) is 0 Å². The van der Waals surface area contributed by atoms with Gasteiger partial charge in [-0.2, -0.15) is 0 Å². The van der Waals surface area contributed by atoms with E-state index >= 15 is 0 Å². The summed E-state index contributed by atoms with van der Waals surface area (Å²) in [6, 6.07) is 0. The van der Waals surface area contributed by atoms with Gasteiger partial charge in [0.2, 0.25) is 0 Å². The Morgan fingerprint density at radius 3 is 1.08 bits per heavy atom. The first-order chi connectivity index (χ1) is 5.83. The fraction of sp³-hybridized carbons (Fsp3) is 0.667. The molecule has 13 heavy (non-hydrogen) atoms. The highest BCUT2D eigenvalue weighted by atomic mass is 16.3. The molecular weight excluding hydrogens is 160 g/mol. The lowest BCUT2D eigenvalue weighted by molar-refractivity contribution is 0.102. The fourth-order valence-electron chi connectivity index (χ4n) is 0. The molecule has 0 rings (SSSR count). The zero-order valence-corrected chi connectivity index (χ0v) is 9.93. The highest BCUT2D eigenvalue weighted by Gasteiger charge is 1.97. The lowest BCUT2D eigenvalue weighted by Crippen LogP contribution is -2.10. The smallest absolute Gasteiger partial charge is 0.0563 e. The average molecular weight is 186 g/mol. The normalized spacial score (nSPS) is 8.46. The first-order valence-electron chi connectivity index (χ1n) is 4.77. The molecule has 0 radical (unpaired) electrons. The summed E-state index contributed by atoms with van der Waals surface area (Å²) in [5.41, 5.74) is -0.500. The van der Waals surface area contributed by atoms with Crippen LogP contribution < -0.4 is 0 Å². The third kappa shape index (κ3) is 492. The van der Waals surface area contributed by atoms with Crippen LogP contribution in [-0.4, -0.2) is 10.7 Å². The highest BCUT2D eigenvalue weighted by Crippen LogP contribution is 1.93. The van der Waals surface area contributed by atoms with E-state index in [-0.39, 0.29) is 0 Å². The number of allylic oxidation sites excluding steroid dienone is 2. The van der Waals surface area contributed by atoms with Gasteiger partial charge in [0.15, 0.2) is 0 Å². The van der Waals surface area contributed by atoms with Gasteiger partial charge in [0, 0.05) is 0 Å². The predicted molar refractivity (Wildman–Crippen MR) is 62.9 cm³/mol. The SMILES string of the molecule is C=CCC.C=CCC.CC(C)(C)O. The van der Waals surface area contributed by atoms with Crippen molar-refractivity contribution >= 4 is 0 Å². The first kappa shape index (κ1) is 18.3. The molecule has 0 fully saturated rings. The van der Waals surface area contributed by atoms with Crippen molar-refractivity contribution < 1.29 is 5.11 Å². The van der Waals surface area contributed by atoms with Crippen molar-refractivity contribution in [2.24, 2.45) is 0 Å². The molecule has 0 amide bonds. The molecule has 0 bridgehead atoms. The van der Waals surface area contributed by atoms with Crippen LogP contribution in [0.25, 0.3) is 0 Å². The molecule has 0 saturated carbocycles. The van der Waals surface area contributed by atoms with Crippen LogP contribution in [0.5, 0.6) is 0 Å². The van der Waals surface area contributed by atoms with Crippen molar-refractivity contribution in [3.05, 3.63) is 25.3 Å². The third-order valence-electron chi connectivity index (χ3n) is 0.577. The molecule has 0 aromatic rings. The van der Waals surface area contributed by atoms with Crippen LogP contribution in [0.15, 0.2) is 25.3 Å². The minimum Gasteiger partial charge on any atom is -0.391 e. The number of hydrogen-bond acceptors (Lipinski definition) is 1. The second kappa shape index (κ2) is 14.0. The molecule has 0 aliphatic heterocycles. The maximum absolute atomic E-state index is 8.52. The Morgan fingerprint density at radius 1 is 1.00 bits per heavy atom. The summed E-state index contributed by atoms with van der Waals surface area (Å²) in [6.45, 7) is 16.3. The monoisotopic (exact) mass is 186 g/mol. The summed E-state index contributed by atoms with van der Waals surface area (Å²) in [7, 11) is 0. The second-order valence-electron chi connectivity index (χ2n) is 3.56. The molecule has 0 aliphatic carbocycles. The van der Waals surface area contributed by atoms with E-state index in [1.54, 1.807) is 20.8 Å². The topological polar surface area (TPSA) is 20.2 Å². The van der Waals surface area contributed by atoms with Crippen LogP contribution in [0.2, 0.25) is 0 Å². The van der Waals surface area contributed by atoms with Gasteiger partial charge in [-0.25, -0.2) is 0 Å². The molecule has 0 atom stereocenters. The van der Waals surface area contributed by atoms with Crippen LogP contribution in [0.3, 0.4) is 0 Å². The Morgan fingerprint density at radius 2 is 1.08 bits per heavy atom. The van der Waals surface area contributed by atoms with Gasteiger partial charge in [0.05, 0.1) is 5.60 Å². The highest BCUT2D eigenvalue weighted by molar-refractivity contribution is 4.60. The molecule has 0 heterocycles. The lowest BCUT2D eigenvalue weighted by atomic mass is 10.2. The van der Waals surface area contributed by atoms with Gasteiger partial charge in [-0.05, 0) is 33.6 Å². The molecule has 1 heteroatoms. The number of rotatable bonds is 2. The minimum absolute atomic E-state index is 0.500. The Bertz CT molecular complexity index is 84.2. The van der Waals surface area contributed by atoms with Gasteiger partial charge in [0.1, 0.15) is 0 Å². The van der Waals surface area contributed by atoms with Crippen LogP contribution >= 0.6 is 0 Å². The lowest BCUT2D eigenvalue weighted by Gasteiger charge is -2.04. The quantitative estimate of drug-likeness (QED) is 0.648. The second-order valence-corrected chi connectivity index (χ2v) is 3.56. The Kier molecular flexibility index (Phi) is 19.7. The molecule has 0 spiro atoms. The maximum Gasteiger partial charge on any atom is 0.0563 e. The predicted octanol–water partition coefficient (Wildman–Crippen LogP) is 3.94. The Balaban J connectivity index is -0.000000117. The van der Waals surface area contributed by atoms with Crippen LogP contribution in [-0.2, 0) is 0 Å². The molecule has 0 aromatic heterocycles. The Hall–Kier alpha value is -0.560. The third-order valence-corrected chi connectivity index (χ3v) is 0.577. The van der Waals surface area contributed by atoms with Gasteiger partial charge in [-0.15, -0.1) is 13.2 Å². The van der Waals surface area contributed by atoms with Gasteiger partial charge < -0.3 is 5.11 Å². The van der Waals surface area contributed by atoms with E-state index in [4.69, 9.17) is 5.11 Å². The van der Waals surface area contributed by atoms with E-state index in [9.17, 15) is 0 Å². The number of aliphatic hydroxyl groups is 1. The van der Waals surface area contributed by atoms with E-state index in [1.165, 1.54) is 0 Å². The molecule has 1 nitrogen and oxygen atoms in total. The summed E-state index contributed by atoms with van der Waals surface area (Å²) < 4.78 is 0. The van der Waals surface area contributed by atoms with Gasteiger partial charge in [0.25, 0.3) is 0 Å². The fourth-order valence-corrected chi connectivity index (χ4v) is 0. The molecule has 1 N–H and O–H groups in total. The number of hydrogen-bond donors (Lipinski definition) is 1. The summed E-state index contributed by atoms with van der Waals surface area (Å²) in [4.78, 5) is 0. The first-order valence-corrected chi connectivity index (χ1v) is 4.77. The zero-order chi connectivity index (χ0) is 11.3. The van der Waals surface area contributed by atoms with Crippen LogP contribution in [0.1, 0.15) is 47.5 Å². The van der Waals surface area contributed by atoms with Crippen molar-refractivity contribution in [3.63, 3.8) is 0 Å². The summed E-state index contributed by atoms with van der Waals surface area (Å²) in [5, 5.41) is 8.52. The van der Waals surface area contributed by atoms with Crippen molar-refractivity contribution in [2.75, 3.05) is 0 Å². The minimum atomic E-state index is -0.500. The van der Waals surface area contributed by atoms with Crippen molar-refractivity contribution in [3.8, 4) is 0 Å². The molecule has 80 valence electrons. The summed E-state index contributed by atoms with van der Waals surface area (Å²) in [6.07, 6.45) is 5.92. The van der Waals surface area contributed by atoms with Gasteiger partial charge >= 0.3 is 0 Å². The zero-order valence-electron chi connectivity index (χ0n) is 9.93. The maximum atomic E-state index is 8.52. The van der Waals surface area contributed by atoms with Crippen LogP contribution in [0.4, 0.5) is 0 Å². The van der Waals surface area contributed by atoms with E-state index in [2.05, 4.69) is 27.0 Å². The standard InChI is InChI=1S/C4H10O.2C4H8/c1-4(2,3)5;2*1-3-4-2/h5H,1-3H3;2*3H,1,4H2,2H3. The van der Waals surface area contributed by atoms with Crippen molar-refractivity contribution in [1.82, 2.24) is 0 Å². The Labute approximate surface area is 84.2 Å². The summed E-state index contributed by atoms with van der Waals surface area (Å²) in [5.74, 6) is 0. The summed E-state index contributed by atoms with van der Waals surface area (Å²) >= 11 is 0. The van der Waals surface area contributed by atoms with Gasteiger partial charge in [-0.1, -0.05) is 26.0 Å². The largest absolute Gasteiger partial charge is 0.391 e. The molecular formula is C12H26O. The molecule has 0 saturated heterocycles. The molecule has 0 aromatic carbocycles. The van der Waals surface area contributed by atoms with E-state index in [1.807, 2.05) is 12.2 Å².